The van der Waals surface area contributed by atoms with Crippen LogP contribution in [0.3, 0.4) is 0 Å². The number of halogens is 3. The van der Waals surface area contributed by atoms with Gasteiger partial charge in [0.15, 0.2) is 23.5 Å². The van der Waals surface area contributed by atoms with Crippen LogP contribution in [0, 0.1) is 5.82 Å². The van der Waals surface area contributed by atoms with Crippen molar-refractivity contribution in [3.8, 4) is 23.0 Å². The largest absolute Gasteiger partial charge is 0.497 e. The van der Waals surface area contributed by atoms with Crippen LogP contribution in [-0.4, -0.2) is 64.8 Å². The molecular weight excluding hydrogens is 594 g/mol. The first kappa shape index (κ1) is 30.6. The molecule has 1 aliphatic heterocycles. The van der Waals surface area contributed by atoms with Crippen LogP contribution in [0.15, 0.2) is 59.5 Å². The van der Waals surface area contributed by atoms with E-state index in [1.807, 2.05) is 0 Å². The molecule has 222 valence electrons. The summed E-state index contributed by atoms with van der Waals surface area (Å²) in [5, 5.41) is 21.3. The Labute approximate surface area is 236 Å². The smallest absolute Gasteiger partial charge is 0.435 e. The summed E-state index contributed by atoms with van der Waals surface area (Å²) >= 11 is 5.51. The fourth-order valence-corrected chi connectivity index (χ4v) is 5.75. The summed E-state index contributed by atoms with van der Waals surface area (Å²) in [7, 11) is 2.91. The second-order valence-electron chi connectivity index (χ2n) is 8.62. The molecule has 2 aromatic carbocycles. The van der Waals surface area contributed by atoms with Gasteiger partial charge in [0, 0.05) is 11.8 Å². The molecule has 4 rings (SSSR count). The number of methoxy groups -OCH3 is 2. The predicted molar refractivity (Wildman–Crippen MR) is 141 cm³/mol. The molecule has 1 aromatic heterocycles. The van der Waals surface area contributed by atoms with Crippen LogP contribution in [0.2, 0.25) is 0 Å². The van der Waals surface area contributed by atoms with E-state index in [4.69, 9.17) is 45.3 Å². The summed E-state index contributed by atoms with van der Waals surface area (Å²) in [6.07, 6.45) is -9.47. The zero-order valence-corrected chi connectivity index (χ0v) is 23.1. The van der Waals surface area contributed by atoms with Gasteiger partial charge in [-0.3, -0.25) is 9.09 Å². The lowest BCUT2D eigenvalue weighted by Gasteiger charge is -2.33. The maximum atomic E-state index is 14.5. The summed E-state index contributed by atoms with van der Waals surface area (Å²) in [5.74, 6) is -0.688. The normalized spacial score (nSPS) is 22.5. The van der Waals surface area contributed by atoms with E-state index >= 15 is 0 Å². The van der Waals surface area contributed by atoms with Gasteiger partial charge < -0.3 is 39.2 Å². The fourth-order valence-electron chi connectivity index (χ4n) is 3.82. The number of aromatic nitrogens is 2. The zero-order valence-electron chi connectivity index (χ0n) is 21.4. The number of benzene rings is 2. The van der Waals surface area contributed by atoms with Crippen molar-refractivity contribution >= 4 is 24.3 Å². The van der Waals surface area contributed by atoms with E-state index in [2.05, 4.69) is 4.98 Å². The number of nitrogen functional groups attached to an aromatic ring is 1. The first-order valence-electron chi connectivity index (χ1n) is 11.7. The van der Waals surface area contributed by atoms with Gasteiger partial charge in [0.05, 0.1) is 27.0 Å². The van der Waals surface area contributed by atoms with Gasteiger partial charge in [0.25, 0.3) is 6.43 Å². The Balaban J connectivity index is 1.65. The van der Waals surface area contributed by atoms with Crippen LogP contribution in [-0.2, 0) is 21.1 Å². The van der Waals surface area contributed by atoms with Gasteiger partial charge in [-0.1, -0.05) is 0 Å². The van der Waals surface area contributed by atoms with Crippen molar-refractivity contribution in [2.75, 3.05) is 26.6 Å². The molecule has 4 atom stereocenters. The maximum absolute atomic E-state index is 14.5. The van der Waals surface area contributed by atoms with Crippen molar-refractivity contribution in [1.82, 2.24) is 9.55 Å². The Kier molecular flexibility index (Phi) is 9.11. The minimum atomic E-state index is -4.02. The first-order valence-corrected chi connectivity index (χ1v) is 14.2. The van der Waals surface area contributed by atoms with E-state index in [1.165, 1.54) is 38.5 Å². The molecule has 12 nitrogen and oxygen atoms in total. The SMILES string of the molecule is COc1ccc(OP(=S)(OC[C@@]2(C(F)F)O[C@@H](n3cc(F)c(N)nc3=O)C(O)C2O)Oc2ccc(OC)cc2)cc1. The average molecular weight is 620 g/mol. The Morgan fingerprint density at radius 2 is 1.54 bits per heavy atom. The minimum absolute atomic E-state index is 0.134. The summed E-state index contributed by atoms with van der Waals surface area (Å²) in [6.45, 7) is -5.20. The van der Waals surface area contributed by atoms with Crippen LogP contribution in [0.25, 0.3) is 0 Å². The number of aliphatic hydroxyl groups is 2. The van der Waals surface area contributed by atoms with E-state index < -0.39 is 61.1 Å². The molecule has 1 aliphatic rings. The molecule has 0 bridgehead atoms. The predicted octanol–water partition coefficient (Wildman–Crippen LogP) is 2.64. The molecular formula is C24H25F3N3O9PS. The lowest BCUT2D eigenvalue weighted by atomic mass is 9.96. The highest BCUT2D eigenvalue weighted by Crippen LogP contribution is 2.53. The third-order valence-corrected chi connectivity index (χ3v) is 8.11. The zero-order chi connectivity index (χ0) is 29.9. The van der Waals surface area contributed by atoms with E-state index in [0.717, 1.165) is 0 Å². The van der Waals surface area contributed by atoms with Crippen molar-refractivity contribution in [2.45, 2.75) is 30.5 Å². The van der Waals surface area contributed by atoms with Gasteiger partial charge in [0.2, 0.25) is 0 Å². The number of ether oxygens (including phenoxy) is 3. The molecule has 2 unspecified atom stereocenters. The van der Waals surface area contributed by atoms with Crippen molar-refractivity contribution < 1.29 is 51.2 Å². The van der Waals surface area contributed by atoms with Gasteiger partial charge in [-0.05, 0) is 48.5 Å². The molecule has 3 aromatic rings. The number of aliphatic hydroxyl groups excluding tert-OH is 2. The number of nitrogens with two attached hydrogens (primary N) is 1. The number of anilines is 1. The lowest BCUT2D eigenvalue weighted by molar-refractivity contribution is -0.192. The molecule has 0 radical (unpaired) electrons. The third kappa shape index (κ3) is 6.42. The van der Waals surface area contributed by atoms with Crippen molar-refractivity contribution in [1.29, 1.82) is 0 Å². The number of nitrogens with zero attached hydrogens (tertiary/aromatic N) is 2. The molecule has 0 saturated carbocycles. The Hall–Kier alpha value is -3.40. The molecule has 4 N–H and O–H groups in total. The molecule has 0 spiro atoms. The number of hydrogen-bond donors (Lipinski definition) is 3. The van der Waals surface area contributed by atoms with Gasteiger partial charge >= 0.3 is 12.4 Å². The second kappa shape index (κ2) is 12.2. The molecule has 1 saturated heterocycles. The van der Waals surface area contributed by atoms with Crippen molar-refractivity contribution in [3.63, 3.8) is 0 Å². The van der Waals surface area contributed by atoms with Crippen LogP contribution < -0.4 is 29.9 Å². The number of alkyl halides is 2. The van der Waals surface area contributed by atoms with Gasteiger partial charge in [-0.2, -0.15) is 4.98 Å². The summed E-state index contributed by atoms with van der Waals surface area (Å²) < 4.78 is 76.2. The quantitative estimate of drug-likeness (QED) is 0.270. The molecule has 0 amide bonds. The Morgan fingerprint density at radius 3 is 2.00 bits per heavy atom. The molecule has 0 aliphatic carbocycles. The Morgan fingerprint density at radius 1 is 1.05 bits per heavy atom. The highest BCUT2D eigenvalue weighted by molar-refractivity contribution is 8.07. The van der Waals surface area contributed by atoms with E-state index in [-0.39, 0.29) is 11.5 Å². The number of rotatable bonds is 11. The summed E-state index contributed by atoms with van der Waals surface area (Å²) in [5.41, 5.74) is 1.08. The monoisotopic (exact) mass is 619 g/mol. The highest BCUT2D eigenvalue weighted by atomic mass is 32.5. The molecule has 41 heavy (non-hydrogen) atoms. The number of hydrogen-bond acceptors (Lipinski definition) is 12. The summed E-state index contributed by atoms with van der Waals surface area (Å²) in [4.78, 5) is 15.5. The average Bonchev–Trinajstić information content (AvgIpc) is 3.21. The topological polar surface area (TPSA) is 157 Å². The van der Waals surface area contributed by atoms with Crippen molar-refractivity contribution in [3.05, 3.63) is 71.0 Å². The second-order valence-corrected chi connectivity index (χ2v) is 11.5. The Bertz CT molecular complexity index is 1410. The first-order chi connectivity index (χ1) is 19.4. The van der Waals surface area contributed by atoms with Crippen LogP contribution in [0.4, 0.5) is 19.0 Å². The highest BCUT2D eigenvalue weighted by Gasteiger charge is 2.61. The van der Waals surface area contributed by atoms with Crippen molar-refractivity contribution in [2.24, 2.45) is 0 Å². The van der Waals surface area contributed by atoms with E-state index in [0.29, 0.717) is 22.3 Å². The lowest BCUT2D eigenvalue weighted by Crippen LogP contribution is -2.52. The van der Waals surface area contributed by atoms with E-state index in [9.17, 15) is 28.2 Å². The molecule has 1 fully saturated rings. The van der Waals surface area contributed by atoms with E-state index in [1.54, 1.807) is 24.3 Å². The third-order valence-electron chi connectivity index (χ3n) is 6.04. The standard InChI is InChI=1S/C24H25F3N3O9PS/c1-34-13-3-7-15(8-4-13)38-40(41,39-16-9-5-14(35-2)6-10-16)36-12-24(22(26)27)19(32)18(31)21(37-24)30-11-17(25)20(28)29-23(30)33/h3-11,18-19,21-22,31-32H,12H2,1-2H3,(H2,28,29,33)/t18?,19?,21-,24-/m1/s1. The fraction of sp³-hybridized carbons (Fsp3) is 0.333. The molecule has 2 heterocycles. The van der Waals surface area contributed by atoms with Crippen LogP contribution in [0.5, 0.6) is 23.0 Å². The van der Waals surface area contributed by atoms with Gasteiger partial charge in [0.1, 0.15) is 35.2 Å². The minimum Gasteiger partial charge on any atom is -0.497 e. The summed E-state index contributed by atoms with van der Waals surface area (Å²) in [6, 6.07) is 12.1. The van der Waals surface area contributed by atoms with Crippen LogP contribution >= 0.6 is 6.72 Å². The maximum Gasteiger partial charge on any atom is 0.435 e. The molecule has 17 heteroatoms. The van der Waals surface area contributed by atoms with Crippen LogP contribution in [0.1, 0.15) is 6.23 Å². The van der Waals surface area contributed by atoms with Gasteiger partial charge in [-0.15, -0.1) is 0 Å². The van der Waals surface area contributed by atoms with Gasteiger partial charge in [-0.25, -0.2) is 18.0 Å².